The van der Waals surface area contributed by atoms with Gasteiger partial charge >= 0.3 is 0 Å². The summed E-state index contributed by atoms with van der Waals surface area (Å²) < 4.78 is 25.4. The van der Waals surface area contributed by atoms with E-state index in [1.807, 2.05) is 48.5 Å². The van der Waals surface area contributed by atoms with Crippen LogP contribution in [0.1, 0.15) is 60.0 Å². The normalized spacial score (nSPS) is 13.9. The van der Waals surface area contributed by atoms with Crippen molar-refractivity contribution in [3.63, 3.8) is 0 Å². The Labute approximate surface area is 313 Å². The standard InChI is InChI=1S/C45H40N3O.Pt/c1-29-17-19-30(20-18-29)32-23-24-46-40(28-32)34-25-33(26-35(27-34)45(2,3)4)37-15-10-16-41-42(37)47-44(48(41)36-12-6-5-7-13-36)39-22-21-31-11-8-9-14-38(31)43(39)49;/h5-7,10,12-13,15-24,26-28,49H,8-9,11,14H2,1-4H3;/q-1;/i1D3;. The maximum Gasteiger partial charge on any atom is 0.148 e. The topological polar surface area (TPSA) is 50.9 Å². The van der Waals surface area contributed by atoms with E-state index in [2.05, 4.69) is 79.9 Å². The fourth-order valence-electron chi connectivity index (χ4n) is 7.03. The van der Waals surface area contributed by atoms with Crippen molar-refractivity contribution in [2.24, 2.45) is 0 Å². The fourth-order valence-corrected chi connectivity index (χ4v) is 7.03. The molecule has 1 N–H and O–H groups in total. The molecule has 0 fully saturated rings. The van der Waals surface area contributed by atoms with Crippen LogP contribution in [0, 0.1) is 12.9 Å². The summed E-state index contributed by atoms with van der Waals surface area (Å²) >= 11 is 0. The molecule has 0 atom stereocenters. The first-order chi connectivity index (χ1) is 25.0. The number of para-hydroxylation sites is 2. The summed E-state index contributed by atoms with van der Waals surface area (Å²) in [5.74, 6) is 1.03. The molecular weight excluding hydrogens is 794 g/mol. The molecule has 5 aromatic carbocycles. The monoisotopic (exact) mass is 836 g/mol. The van der Waals surface area contributed by atoms with E-state index in [1.165, 1.54) is 5.56 Å². The van der Waals surface area contributed by atoms with Crippen LogP contribution in [0.2, 0.25) is 0 Å². The second-order valence-electron chi connectivity index (χ2n) is 14.0. The average molecular weight is 837 g/mol. The van der Waals surface area contributed by atoms with E-state index in [0.29, 0.717) is 17.1 Å². The first-order valence-electron chi connectivity index (χ1n) is 18.5. The molecule has 8 rings (SSSR count). The maximum atomic E-state index is 11.7. The number of aryl methyl sites for hydroxylation is 2. The van der Waals surface area contributed by atoms with E-state index in [1.54, 1.807) is 18.3 Å². The van der Waals surface area contributed by atoms with E-state index in [-0.39, 0.29) is 26.5 Å². The smallest absolute Gasteiger partial charge is 0.148 e. The SMILES string of the molecule is [2H]C([2H])([2H])c1ccc(-c2ccnc(-c3[c-]c(-c4cccc5c4nc(-c4ccc6c(c4O)CCCC6)n5-c4ccccc4)cc(C(C)(C)C)c3)c2)cc1.[Pt]. The van der Waals surface area contributed by atoms with Crippen LogP contribution in [-0.4, -0.2) is 19.6 Å². The third-order valence-electron chi connectivity index (χ3n) is 9.72. The Balaban J connectivity index is 0.00000435. The maximum absolute atomic E-state index is 11.7. The van der Waals surface area contributed by atoms with Gasteiger partial charge in [-0.25, -0.2) is 4.98 Å². The van der Waals surface area contributed by atoms with Crippen LogP contribution in [-0.2, 0) is 39.3 Å². The van der Waals surface area contributed by atoms with Gasteiger partial charge in [0.25, 0.3) is 0 Å². The van der Waals surface area contributed by atoms with Crippen molar-refractivity contribution in [3.05, 3.63) is 144 Å². The van der Waals surface area contributed by atoms with Gasteiger partial charge in [-0.1, -0.05) is 104 Å². The molecule has 5 heteroatoms. The number of phenolic OH excluding ortho intramolecular Hbond substituents is 1. The Hall–Kier alpha value is -4.79. The molecule has 0 saturated heterocycles. The molecule has 0 amide bonds. The Morgan fingerprint density at radius 2 is 1.56 bits per heavy atom. The Morgan fingerprint density at radius 3 is 2.34 bits per heavy atom. The summed E-state index contributed by atoms with van der Waals surface area (Å²) in [5.41, 5.74) is 12.3. The number of hydrogen-bond acceptors (Lipinski definition) is 3. The largest absolute Gasteiger partial charge is 0.507 e. The molecule has 2 aromatic heterocycles. The quantitative estimate of drug-likeness (QED) is 0.176. The number of aromatic hydroxyl groups is 1. The van der Waals surface area contributed by atoms with Gasteiger partial charge in [-0.3, -0.25) is 9.55 Å². The Kier molecular flexibility index (Phi) is 8.11. The van der Waals surface area contributed by atoms with Gasteiger partial charge in [-0.05, 0) is 90.5 Å². The predicted molar refractivity (Wildman–Crippen MR) is 201 cm³/mol. The van der Waals surface area contributed by atoms with Crippen molar-refractivity contribution in [2.75, 3.05) is 0 Å². The minimum atomic E-state index is -2.15. The van der Waals surface area contributed by atoms with E-state index >= 15 is 0 Å². The molecule has 0 unspecified atom stereocenters. The van der Waals surface area contributed by atoms with E-state index in [4.69, 9.17) is 14.1 Å². The molecular formula is C45H40N3OPt-. The molecule has 2 heterocycles. The molecule has 1 aliphatic carbocycles. The van der Waals surface area contributed by atoms with Gasteiger partial charge in [0.05, 0.1) is 16.6 Å². The molecule has 4 nitrogen and oxygen atoms in total. The second-order valence-corrected chi connectivity index (χ2v) is 14.0. The van der Waals surface area contributed by atoms with Crippen molar-refractivity contribution < 1.29 is 30.3 Å². The molecule has 0 saturated carbocycles. The van der Waals surface area contributed by atoms with Gasteiger partial charge in [0.1, 0.15) is 11.6 Å². The second kappa shape index (κ2) is 13.5. The van der Waals surface area contributed by atoms with E-state index < -0.39 is 6.85 Å². The number of aromatic nitrogens is 3. The summed E-state index contributed by atoms with van der Waals surface area (Å²) in [7, 11) is 0. The number of nitrogens with zero attached hydrogens (tertiary/aromatic N) is 3. The van der Waals surface area contributed by atoms with Gasteiger partial charge in [0.2, 0.25) is 0 Å². The first-order valence-corrected chi connectivity index (χ1v) is 17.0. The van der Waals surface area contributed by atoms with E-state index in [0.717, 1.165) is 92.6 Å². The van der Waals surface area contributed by atoms with Gasteiger partial charge in [-0.15, -0.1) is 29.3 Å². The van der Waals surface area contributed by atoms with Gasteiger partial charge in [0, 0.05) is 42.8 Å². The van der Waals surface area contributed by atoms with Gasteiger partial charge in [0.15, 0.2) is 0 Å². The number of fused-ring (bicyclic) bond motifs is 2. The van der Waals surface area contributed by atoms with Crippen LogP contribution in [0.3, 0.4) is 0 Å². The van der Waals surface area contributed by atoms with Crippen molar-refractivity contribution in [1.29, 1.82) is 0 Å². The first kappa shape index (κ1) is 30.1. The number of hydrogen-bond donors (Lipinski definition) is 1. The van der Waals surface area contributed by atoms with Crippen molar-refractivity contribution in [1.82, 2.24) is 14.5 Å². The summed E-state index contributed by atoms with van der Waals surface area (Å²) in [6.45, 7) is 4.46. The van der Waals surface area contributed by atoms with Crippen molar-refractivity contribution in [3.8, 4) is 56.3 Å². The van der Waals surface area contributed by atoms with Gasteiger partial charge < -0.3 is 5.11 Å². The number of pyridine rings is 1. The van der Waals surface area contributed by atoms with Crippen LogP contribution in [0.25, 0.3) is 61.6 Å². The van der Waals surface area contributed by atoms with Crippen LogP contribution in [0.5, 0.6) is 5.75 Å². The summed E-state index contributed by atoms with van der Waals surface area (Å²) in [6, 6.07) is 39.7. The molecule has 0 spiro atoms. The van der Waals surface area contributed by atoms with Crippen molar-refractivity contribution >= 4 is 11.0 Å². The third-order valence-corrected chi connectivity index (χ3v) is 9.72. The molecule has 7 aromatic rings. The summed E-state index contributed by atoms with van der Waals surface area (Å²) in [5, 5.41) is 11.7. The van der Waals surface area contributed by atoms with Gasteiger partial charge in [-0.2, -0.15) is 0 Å². The summed E-state index contributed by atoms with van der Waals surface area (Å²) in [6.07, 6.45) is 5.86. The Bertz CT molecular complexity index is 2450. The number of benzene rings is 5. The molecule has 50 heavy (non-hydrogen) atoms. The number of rotatable bonds is 5. The van der Waals surface area contributed by atoms with Crippen LogP contribution in [0.15, 0.2) is 115 Å². The van der Waals surface area contributed by atoms with Crippen molar-refractivity contribution in [2.45, 2.75) is 58.7 Å². The zero-order valence-corrected chi connectivity index (χ0v) is 30.7. The fraction of sp³-hybridized carbons (Fsp3) is 0.200. The number of imidazole rings is 1. The number of phenols is 1. The van der Waals surface area contributed by atoms with Crippen LogP contribution in [0.4, 0.5) is 0 Å². The van der Waals surface area contributed by atoms with Crippen LogP contribution < -0.4 is 0 Å². The molecule has 0 bridgehead atoms. The minimum Gasteiger partial charge on any atom is -0.507 e. The average Bonchev–Trinajstić information content (AvgIpc) is 3.54. The molecule has 0 radical (unpaired) electrons. The predicted octanol–water partition coefficient (Wildman–Crippen LogP) is 11.1. The summed E-state index contributed by atoms with van der Waals surface area (Å²) in [4.78, 5) is 10.1. The van der Waals surface area contributed by atoms with E-state index in [9.17, 15) is 5.11 Å². The van der Waals surface area contributed by atoms with Crippen LogP contribution >= 0.6 is 0 Å². The minimum absolute atomic E-state index is 0. The third kappa shape index (κ3) is 6.22. The molecule has 0 aliphatic heterocycles. The zero-order valence-electron chi connectivity index (χ0n) is 31.4. The molecule has 252 valence electrons. The Morgan fingerprint density at radius 1 is 0.780 bits per heavy atom. The molecule has 1 aliphatic rings. The zero-order chi connectivity index (χ0) is 36.2.